The first kappa shape index (κ1) is 15.6. The molecule has 0 spiro atoms. The molecule has 0 radical (unpaired) electrons. The number of amides is 1. The first-order valence-corrected chi connectivity index (χ1v) is 8.22. The summed E-state index contributed by atoms with van der Waals surface area (Å²) < 4.78 is 0. The van der Waals surface area contributed by atoms with Crippen molar-refractivity contribution in [3.8, 4) is 0 Å². The first-order chi connectivity index (χ1) is 11.0. The van der Waals surface area contributed by atoms with E-state index in [2.05, 4.69) is 39.5 Å². The SMILES string of the molecule is Cc1n[nH]c(C)c1C(=O)Nc1ccc(N2CCC(C)CC2)cc1. The molecule has 0 unspecified atom stereocenters. The Hall–Kier alpha value is -2.30. The fraction of sp³-hybridized carbons (Fsp3) is 0.444. The molecule has 1 fully saturated rings. The summed E-state index contributed by atoms with van der Waals surface area (Å²) >= 11 is 0. The maximum atomic E-state index is 12.4. The highest BCUT2D eigenvalue weighted by molar-refractivity contribution is 6.05. The van der Waals surface area contributed by atoms with E-state index in [4.69, 9.17) is 0 Å². The van der Waals surface area contributed by atoms with E-state index in [-0.39, 0.29) is 5.91 Å². The zero-order valence-corrected chi connectivity index (χ0v) is 14.0. The molecule has 1 aliphatic heterocycles. The number of hydrogen-bond donors (Lipinski definition) is 2. The van der Waals surface area contributed by atoms with Gasteiger partial charge in [0.1, 0.15) is 0 Å². The molecule has 0 saturated carbocycles. The van der Waals surface area contributed by atoms with Crippen LogP contribution >= 0.6 is 0 Å². The van der Waals surface area contributed by atoms with E-state index < -0.39 is 0 Å². The molecule has 0 atom stereocenters. The van der Waals surface area contributed by atoms with E-state index in [9.17, 15) is 4.79 Å². The molecule has 122 valence electrons. The number of aromatic nitrogens is 2. The van der Waals surface area contributed by atoms with Crippen LogP contribution in [0.4, 0.5) is 11.4 Å². The van der Waals surface area contributed by atoms with Gasteiger partial charge in [0.15, 0.2) is 0 Å². The predicted octanol–water partition coefficient (Wildman–Crippen LogP) is 3.52. The number of nitrogens with zero attached hydrogens (tertiary/aromatic N) is 2. The number of carbonyl (C=O) groups is 1. The van der Waals surface area contributed by atoms with Gasteiger partial charge in [-0.1, -0.05) is 6.92 Å². The third-order valence-corrected chi connectivity index (χ3v) is 4.63. The second-order valence-electron chi connectivity index (χ2n) is 6.48. The lowest BCUT2D eigenvalue weighted by atomic mass is 9.99. The number of H-pyrrole nitrogens is 1. The number of nitrogens with one attached hydrogen (secondary N) is 2. The molecule has 5 nitrogen and oxygen atoms in total. The fourth-order valence-corrected chi connectivity index (χ4v) is 3.10. The highest BCUT2D eigenvalue weighted by Crippen LogP contribution is 2.24. The van der Waals surface area contributed by atoms with Crippen molar-refractivity contribution in [3.05, 3.63) is 41.2 Å². The van der Waals surface area contributed by atoms with Crippen LogP contribution in [-0.4, -0.2) is 29.2 Å². The Morgan fingerprint density at radius 3 is 2.43 bits per heavy atom. The minimum absolute atomic E-state index is 0.117. The van der Waals surface area contributed by atoms with E-state index in [1.165, 1.54) is 18.5 Å². The molecular formula is C18H24N4O. The average molecular weight is 312 g/mol. The lowest BCUT2D eigenvalue weighted by Gasteiger charge is -2.32. The topological polar surface area (TPSA) is 61.0 Å². The van der Waals surface area contributed by atoms with Gasteiger partial charge in [0, 0.05) is 30.2 Å². The maximum Gasteiger partial charge on any atom is 0.259 e. The van der Waals surface area contributed by atoms with Crippen molar-refractivity contribution < 1.29 is 4.79 Å². The number of hydrogen-bond acceptors (Lipinski definition) is 3. The monoisotopic (exact) mass is 312 g/mol. The van der Waals surface area contributed by atoms with Crippen molar-refractivity contribution >= 4 is 17.3 Å². The minimum Gasteiger partial charge on any atom is -0.372 e. The summed E-state index contributed by atoms with van der Waals surface area (Å²) in [5.41, 5.74) is 4.17. The highest BCUT2D eigenvalue weighted by Gasteiger charge is 2.17. The molecule has 2 aromatic rings. The summed E-state index contributed by atoms with van der Waals surface area (Å²) in [7, 11) is 0. The molecule has 1 aromatic carbocycles. The Kier molecular flexibility index (Phi) is 4.37. The molecule has 1 amide bonds. The molecule has 1 aliphatic rings. The molecule has 5 heteroatoms. The number of rotatable bonds is 3. The molecule has 2 heterocycles. The van der Waals surface area contributed by atoms with Crippen LogP contribution in [0.3, 0.4) is 0 Å². The molecule has 1 aromatic heterocycles. The Balaban J connectivity index is 1.67. The van der Waals surface area contributed by atoms with Crippen molar-refractivity contribution in [2.24, 2.45) is 5.92 Å². The minimum atomic E-state index is -0.117. The summed E-state index contributed by atoms with van der Waals surface area (Å²) in [6.07, 6.45) is 2.50. The van der Waals surface area contributed by atoms with Crippen LogP contribution in [0.25, 0.3) is 0 Å². The van der Waals surface area contributed by atoms with Crippen molar-refractivity contribution in [3.63, 3.8) is 0 Å². The van der Waals surface area contributed by atoms with Crippen molar-refractivity contribution in [1.82, 2.24) is 10.2 Å². The summed E-state index contributed by atoms with van der Waals surface area (Å²) in [6.45, 7) is 8.23. The second-order valence-corrected chi connectivity index (χ2v) is 6.48. The Labute approximate surface area is 137 Å². The standard InChI is InChI=1S/C18H24N4O/c1-12-8-10-22(11-9-12)16-6-4-15(5-7-16)19-18(23)17-13(2)20-21-14(17)3/h4-7,12H,8-11H2,1-3H3,(H,19,23)(H,20,21). The first-order valence-electron chi connectivity index (χ1n) is 8.22. The highest BCUT2D eigenvalue weighted by atomic mass is 16.1. The number of aromatic amines is 1. The molecule has 0 bridgehead atoms. The van der Waals surface area contributed by atoms with E-state index >= 15 is 0 Å². The van der Waals surface area contributed by atoms with Crippen molar-refractivity contribution in [2.45, 2.75) is 33.6 Å². The van der Waals surface area contributed by atoms with Crippen LogP contribution in [0, 0.1) is 19.8 Å². The van der Waals surface area contributed by atoms with Crippen LogP contribution in [0.1, 0.15) is 41.5 Å². The Morgan fingerprint density at radius 1 is 1.22 bits per heavy atom. The lowest BCUT2D eigenvalue weighted by Crippen LogP contribution is -2.32. The maximum absolute atomic E-state index is 12.4. The molecule has 23 heavy (non-hydrogen) atoms. The quantitative estimate of drug-likeness (QED) is 0.911. The van der Waals surface area contributed by atoms with Crippen molar-refractivity contribution in [2.75, 3.05) is 23.3 Å². The van der Waals surface area contributed by atoms with Crippen LogP contribution in [0.2, 0.25) is 0 Å². The molecular weight excluding hydrogens is 288 g/mol. The van der Waals surface area contributed by atoms with Crippen LogP contribution in [-0.2, 0) is 0 Å². The van der Waals surface area contributed by atoms with Crippen LogP contribution < -0.4 is 10.2 Å². The number of carbonyl (C=O) groups excluding carboxylic acids is 1. The molecule has 1 saturated heterocycles. The fourth-order valence-electron chi connectivity index (χ4n) is 3.10. The largest absolute Gasteiger partial charge is 0.372 e. The van der Waals surface area contributed by atoms with Gasteiger partial charge in [0.2, 0.25) is 0 Å². The van der Waals surface area contributed by atoms with Gasteiger partial charge in [0.25, 0.3) is 5.91 Å². The normalized spacial score (nSPS) is 15.7. The predicted molar refractivity (Wildman–Crippen MR) is 93.1 cm³/mol. The van der Waals surface area contributed by atoms with Gasteiger partial charge in [-0.2, -0.15) is 5.10 Å². The number of piperidine rings is 1. The van der Waals surface area contributed by atoms with Gasteiger partial charge in [-0.05, 0) is 56.9 Å². The average Bonchev–Trinajstić information content (AvgIpc) is 2.88. The van der Waals surface area contributed by atoms with Gasteiger partial charge < -0.3 is 10.2 Å². The van der Waals surface area contributed by atoms with Gasteiger partial charge >= 0.3 is 0 Å². The van der Waals surface area contributed by atoms with E-state index in [1.807, 2.05) is 26.0 Å². The molecule has 2 N–H and O–H groups in total. The van der Waals surface area contributed by atoms with E-state index in [0.29, 0.717) is 5.56 Å². The second kappa shape index (κ2) is 6.44. The van der Waals surface area contributed by atoms with Gasteiger partial charge in [0.05, 0.1) is 11.3 Å². The Morgan fingerprint density at radius 2 is 1.87 bits per heavy atom. The Bertz CT molecular complexity index is 662. The zero-order chi connectivity index (χ0) is 16.4. The van der Waals surface area contributed by atoms with Crippen LogP contribution in [0.5, 0.6) is 0 Å². The van der Waals surface area contributed by atoms with Crippen molar-refractivity contribution in [1.29, 1.82) is 0 Å². The van der Waals surface area contributed by atoms with Gasteiger partial charge in [-0.15, -0.1) is 0 Å². The van der Waals surface area contributed by atoms with Gasteiger partial charge in [-0.25, -0.2) is 0 Å². The number of anilines is 2. The molecule has 3 rings (SSSR count). The third kappa shape index (κ3) is 3.38. The lowest BCUT2D eigenvalue weighted by molar-refractivity contribution is 0.102. The van der Waals surface area contributed by atoms with Crippen LogP contribution in [0.15, 0.2) is 24.3 Å². The summed E-state index contributed by atoms with van der Waals surface area (Å²) in [5, 5.41) is 9.86. The smallest absolute Gasteiger partial charge is 0.259 e. The summed E-state index contributed by atoms with van der Waals surface area (Å²) in [5.74, 6) is 0.708. The summed E-state index contributed by atoms with van der Waals surface area (Å²) in [6, 6.07) is 8.10. The number of benzene rings is 1. The van der Waals surface area contributed by atoms with Gasteiger partial charge in [-0.3, -0.25) is 9.89 Å². The number of aryl methyl sites for hydroxylation is 2. The summed E-state index contributed by atoms with van der Waals surface area (Å²) in [4.78, 5) is 14.8. The van der Waals surface area contributed by atoms with E-state index in [0.717, 1.165) is 36.1 Å². The molecule has 0 aliphatic carbocycles. The van der Waals surface area contributed by atoms with E-state index in [1.54, 1.807) is 0 Å². The zero-order valence-electron chi connectivity index (χ0n) is 14.0. The third-order valence-electron chi connectivity index (χ3n) is 4.63.